The molecule has 2 amide bonds. The number of carboxylic acids is 1. The molecule has 1 saturated carbocycles. The van der Waals surface area contributed by atoms with Crippen molar-refractivity contribution in [1.82, 2.24) is 20.2 Å². The molecule has 0 spiro atoms. The number of carboxylic acid groups (broad SMARTS) is 1. The number of unbranched alkanes of at least 4 members (excludes halogenated alkanes) is 4. The number of aryl methyl sites for hydroxylation is 1. The van der Waals surface area contributed by atoms with Gasteiger partial charge in [-0.15, -0.1) is 0 Å². The minimum Gasteiger partial charge on any atom is -0.481 e. The summed E-state index contributed by atoms with van der Waals surface area (Å²) in [5.74, 6) is -0.511. The molecule has 15 nitrogen and oxygen atoms in total. The van der Waals surface area contributed by atoms with Crippen molar-refractivity contribution in [2.45, 2.75) is 155 Å². The number of rotatable bonds is 22. The van der Waals surface area contributed by atoms with Gasteiger partial charge in [-0.05, 0) is 63.2 Å². The molecule has 0 bridgehead atoms. The Morgan fingerprint density at radius 2 is 1.62 bits per heavy atom. The van der Waals surface area contributed by atoms with Gasteiger partial charge in [0.05, 0.1) is 31.1 Å². The van der Waals surface area contributed by atoms with Gasteiger partial charge in [-0.3, -0.25) is 33.5 Å². The fourth-order valence-electron chi connectivity index (χ4n) is 7.44. The van der Waals surface area contributed by atoms with Gasteiger partial charge < -0.3 is 34.7 Å². The summed E-state index contributed by atoms with van der Waals surface area (Å²) in [6, 6.07) is 0.00111. The summed E-state index contributed by atoms with van der Waals surface area (Å²) in [5, 5.41) is 15.1. The van der Waals surface area contributed by atoms with Crippen LogP contribution in [-0.2, 0) is 38.1 Å². The number of aliphatic carboxylic acids is 1. The van der Waals surface area contributed by atoms with E-state index in [1.807, 2.05) is 6.92 Å². The minimum absolute atomic E-state index is 0.00111. The van der Waals surface area contributed by atoms with E-state index in [0.717, 1.165) is 44.9 Å². The van der Waals surface area contributed by atoms with Crippen LogP contribution in [0.25, 0.3) is 0 Å². The second kappa shape index (κ2) is 22.0. The Hall–Kier alpha value is -3.56. The van der Waals surface area contributed by atoms with E-state index < -0.39 is 54.1 Å². The van der Waals surface area contributed by atoms with Crippen LogP contribution in [-0.4, -0.2) is 88.6 Å². The number of nitrogens with zero attached hydrogens (tertiary/aromatic N) is 1. The molecule has 15 heteroatoms. The highest BCUT2D eigenvalue weighted by Crippen LogP contribution is 2.38. The Morgan fingerprint density at radius 1 is 0.925 bits per heavy atom. The minimum atomic E-state index is -1.14. The molecule has 1 aromatic heterocycles. The van der Waals surface area contributed by atoms with Crippen LogP contribution in [0.2, 0.25) is 0 Å². The third kappa shape index (κ3) is 13.4. The van der Waals surface area contributed by atoms with Gasteiger partial charge in [0.25, 0.3) is 5.56 Å². The molecule has 1 aromatic rings. The Balaban J connectivity index is 1.37. The lowest BCUT2D eigenvalue weighted by atomic mass is 9.69. The van der Waals surface area contributed by atoms with E-state index in [2.05, 4.69) is 36.4 Å². The number of carbonyl (C=O) groups excluding carboxylic acids is 3. The van der Waals surface area contributed by atoms with Crippen molar-refractivity contribution in [3.63, 3.8) is 0 Å². The Labute approximate surface area is 312 Å². The first-order chi connectivity index (χ1) is 25.3. The lowest BCUT2D eigenvalue weighted by molar-refractivity contribution is -0.162. The highest BCUT2D eigenvalue weighted by Gasteiger charge is 2.48. The van der Waals surface area contributed by atoms with Crippen molar-refractivity contribution in [3.05, 3.63) is 32.6 Å². The summed E-state index contributed by atoms with van der Waals surface area (Å²) in [6.07, 6.45) is 4.85. The normalized spacial score (nSPS) is 26.9. The highest BCUT2D eigenvalue weighted by molar-refractivity contribution is 5.77. The maximum Gasteiger partial charge on any atom is 0.330 e. The molecule has 1 unspecified atom stereocenters. The second-order valence-electron chi connectivity index (χ2n) is 14.6. The predicted molar refractivity (Wildman–Crippen MR) is 196 cm³/mol. The van der Waals surface area contributed by atoms with Gasteiger partial charge in [-0.25, -0.2) is 4.79 Å². The molecular weight excluding hydrogens is 688 g/mol. The number of aromatic nitrogens is 2. The van der Waals surface area contributed by atoms with E-state index in [1.165, 1.54) is 17.7 Å². The average molecular weight is 751 g/mol. The molecule has 4 N–H and O–H groups in total. The lowest BCUT2D eigenvalue weighted by Crippen LogP contribution is -2.54. The van der Waals surface area contributed by atoms with Gasteiger partial charge >= 0.3 is 17.6 Å². The maximum atomic E-state index is 12.7. The number of amides is 2. The van der Waals surface area contributed by atoms with E-state index in [0.29, 0.717) is 56.8 Å². The van der Waals surface area contributed by atoms with Gasteiger partial charge in [-0.1, -0.05) is 47.0 Å². The van der Waals surface area contributed by atoms with Gasteiger partial charge in [0.1, 0.15) is 6.10 Å². The first-order valence-electron chi connectivity index (χ1n) is 19.4. The summed E-state index contributed by atoms with van der Waals surface area (Å²) in [4.78, 5) is 74.7. The van der Waals surface area contributed by atoms with Gasteiger partial charge in [0, 0.05) is 44.9 Å². The molecule has 2 heterocycles. The number of ether oxygens (including phenoxy) is 4. The summed E-state index contributed by atoms with van der Waals surface area (Å²) in [5.41, 5.74) is -0.996. The quantitative estimate of drug-likeness (QED) is 0.0993. The van der Waals surface area contributed by atoms with Crippen molar-refractivity contribution in [2.24, 2.45) is 17.8 Å². The second-order valence-corrected chi connectivity index (χ2v) is 14.6. The molecule has 2 fully saturated rings. The predicted octanol–water partition coefficient (Wildman–Crippen LogP) is 3.75. The first-order valence-corrected chi connectivity index (χ1v) is 19.4. The van der Waals surface area contributed by atoms with Crippen LogP contribution >= 0.6 is 0 Å². The largest absolute Gasteiger partial charge is 0.481 e. The van der Waals surface area contributed by atoms with Crippen LogP contribution in [0.15, 0.2) is 15.8 Å². The summed E-state index contributed by atoms with van der Waals surface area (Å²) in [7, 11) is 0. The summed E-state index contributed by atoms with van der Waals surface area (Å²) >= 11 is 0. The molecule has 2 aliphatic rings. The van der Waals surface area contributed by atoms with Crippen LogP contribution in [0.5, 0.6) is 0 Å². The van der Waals surface area contributed by atoms with E-state index in [4.69, 9.17) is 24.1 Å². The van der Waals surface area contributed by atoms with Gasteiger partial charge in [0.15, 0.2) is 12.3 Å². The molecule has 9 atom stereocenters. The fraction of sp³-hybridized carbons (Fsp3) is 0.789. The topological polar surface area (TPSA) is 204 Å². The summed E-state index contributed by atoms with van der Waals surface area (Å²) in [6.45, 7) is 13.1. The molecule has 0 aromatic carbocycles. The van der Waals surface area contributed by atoms with Crippen molar-refractivity contribution < 1.29 is 43.2 Å². The van der Waals surface area contributed by atoms with Gasteiger partial charge in [-0.2, -0.15) is 0 Å². The van der Waals surface area contributed by atoms with Crippen molar-refractivity contribution in [3.8, 4) is 0 Å². The average Bonchev–Trinajstić information content (AvgIpc) is 3.45. The highest BCUT2D eigenvalue weighted by atomic mass is 16.6. The lowest BCUT2D eigenvalue weighted by Gasteiger charge is -2.44. The third-order valence-corrected chi connectivity index (χ3v) is 10.7. The SMILES string of the molecule is CC[C@H]1C[C@@H](OCCCCC(=O)NCCCCCCOC2[C@@H](CC)O[C@@H](n3cc(C)c(=O)[nH]c3=O)[C@H]2OC(=O)CCC(=O)O)[C@H](NC(C)=O)[C@@H](C)[C@H]1C. The molecule has 0 radical (unpaired) electrons. The van der Waals surface area contributed by atoms with E-state index in [9.17, 15) is 28.8 Å². The molecule has 1 aliphatic heterocycles. The number of esters is 1. The molecule has 1 saturated heterocycles. The van der Waals surface area contributed by atoms with Crippen molar-refractivity contribution in [1.29, 1.82) is 0 Å². The zero-order chi connectivity index (χ0) is 39.1. The Bertz CT molecular complexity index is 1460. The number of carbonyl (C=O) groups is 4. The van der Waals surface area contributed by atoms with E-state index in [-0.39, 0.29) is 35.9 Å². The molecular formula is C38H62N4O11. The first kappa shape index (κ1) is 43.8. The molecule has 300 valence electrons. The third-order valence-electron chi connectivity index (χ3n) is 10.7. The number of hydrogen-bond acceptors (Lipinski definition) is 10. The van der Waals surface area contributed by atoms with Crippen molar-refractivity contribution >= 4 is 23.8 Å². The number of nitrogens with one attached hydrogen (secondary N) is 3. The van der Waals surface area contributed by atoms with Crippen LogP contribution in [0, 0.1) is 24.7 Å². The number of hydrogen-bond donors (Lipinski definition) is 4. The Morgan fingerprint density at radius 3 is 2.30 bits per heavy atom. The standard InChI is InChI=1S/C38H62N4O11/c1-7-27-21-29(33(40-26(6)43)25(5)24(27)4)50-19-14-11-15-30(44)39-18-12-9-10-13-20-51-34-28(8-2)52-37(35(34)53-32(47)17-16-31(45)46)42-22-23(3)36(48)41-38(42)49/h22,24-25,27-29,33-35,37H,7-21H2,1-6H3,(H,39,44)(H,40,43)(H,45,46)(H,41,48,49)/t24-,25+,27+,28-,29-,33-,34?,35+,37-/m1/s1. The van der Waals surface area contributed by atoms with Crippen molar-refractivity contribution in [2.75, 3.05) is 19.8 Å². The van der Waals surface area contributed by atoms with Crippen LogP contribution in [0.1, 0.15) is 123 Å². The fourth-order valence-corrected chi connectivity index (χ4v) is 7.44. The molecule has 3 rings (SSSR count). The molecule has 53 heavy (non-hydrogen) atoms. The Kier molecular flexibility index (Phi) is 18.2. The molecule has 1 aliphatic carbocycles. The van der Waals surface area contributed by atoms with Gasteiger partial charge in [0.2, 0.25) is 11.8 Å². The monoisotopic (exact) mass is 750 g/mol. The summed E-state index contributed by atoms with van der Waals surface area (Å²) < 4.78 is 25.4. The van der Waals surface area contributed by atoms with E-state index in [1.54, 1.807) is 6.92 Å². The van der Waals surface area contributed by atoms with Crippen LogP contribution < -0.4 is 21.9 Å². The van der Waals surface area contributed by atoms with E-state index >= 15 is 0 Å². The maximum absolute atomic E-state index is 12.7. The number of aromatic amines is 1. The van der Waals surface area contributed by atoms with Crippen LogP contribution in [0.4, 0.5) is 0 Å². The zero-order valence-electron chi connectivity index (χ0n) is 32.4. The smallest absolute Gasteiger partial charge is 0.330 e. The van der Waals surface area contributed by atoms with Crippen LogP contribution in [0.3, 0.4) is 0 Å². The zero-order valence-corrected chi connectivity index (χ0v) is 32.4. The number of H-pyrrole nitrogens is 1.